The molecule has 8 N–H and O–H groups in total. The Morgan fingerprint density at radius 1 is 0.783 bits per heavy atom. The van der Waals surface area contributed by atoms with Crippen molar-refractivity contribution in [1.29, 1.82) is 0 Å². The summed E-state index contributed by atoms with van der Waals surface area (Å²) in [7, 11) is 0. The molecule has 0 aromatic carbocycles. The van der Waals surface area contributed by atoms with Crippen molar-refractivity contribution in [2.24, 2.45) is 0 Å². The van der Waals surface area contributed by atoms with Crippen LogP contribution in [-0.2, 0) is 14.2 Å². The van der Waals surface area contributed by atoms with E-state index in [0.717, 1.165) is 0 Å². The summed E-state index contributed by atoms with van der Waals surface area (Å²) >= 11 is 0. The van der Waals surface area contributed by atoms with Gasteiger partial charge in [-0.15, -0.1) is 0 Å². The van der Waals surface area contributed by atoms with Crippen LogP contribution in [0.25, 0.3) is 0 Å². The molecule has 23 heavy (non-hydrogen) atoms. The van der Waals surface area contributed by atoms with Crippen molar-refractivity contribution in [3.63, 3.8) is 0 Å². The minimum atomic E-state index is -2.22. The lowest BCUT2D eigenvalue weighted by Crippen LogP contribution is -2.62. The molecule has 0 spiro atoms. The molecule has 2 heterocycles. The summed E-state index contributed by atoms with van der Waals surface area (Å²) in [5, 5.41) is 76.7. The average Bonchev–Trinajstić information content (AvgIpc) is 2.80. The van der Waals surface area contributed by atoms with Gasteiger partial charge in [-0.25, -0.2) is 0 Å². The van der Waals surface area contributed by atoms with Crippen LogP contribution in [-0.4, -0.2) is 115 Å². The van der Waals surface area contributed by atoms with E-state index < -0.39 is 74.6 Å². The van der Waals surface area contributed by atoms with Crippen LogP contribution < -0.4 is 0 Å². The van der Waals surface area contributed by atoms with Gasteiger partial charge in [-0.2, -0.15) is 0 Å². The number of hydrogen-bond acceptors (Lipinski definition) is 11. The van der Waals surface area contributed by atoms with Crippen molar-refractivity contribution in [3.05, 3.63) is 0 Å². The van der Waals surface area contributed by atoms with Crippen molar-refractivity contribution in [2.75, 3.05) is 19.8 Å². The molecule has 2 saturated heterocycles. The Kier molecular flexibility index (Phi) is 5.92. The van der Waals surface area contributed by atoms with Crippen molar-refractivity contribution in [3.8, 4) is 0 Å². The number of hydrogen-bond donors (Lipinski definition) is 8. The monoisotopic (exact) mass is 342 g/mol. The molecule has 0 bridgehead atoms. The lowest BCUT2D eigenvalue weighted by Gasteiger charge is -2.43. The highest BCUT2D eigenvalue weighted by Crippen LogP contribution is 2.35. The van der Waals surface area contributed by atoms with Crippen molar-refractivity contribution < 1.29 is 55.1 Å². The van der Waals surface area contributed by atoms with Crippen LogP contribution in [0.5, 0.6) is 0 Å². The number of aliphatic hydroxyl groups excluding tert-OH is 8. The smallest absolute Gasteiger partial charge is 0.224 e. The van der Waals surface area contributed by atoms with Gasteiger partial charge in [-0.05, 0) is 0 Å². The first kappa shape index (κ1) is 18.9. The zero-order valence-corrected chi connectivity index (χ0v) is 12.0. The highest BCUT2D eigenvalue weighted by atomic mass is 16.8. The molecular formula is C12H22O11. The van der Waals surface area contributed by atoms with Gasteiger partial charge in [0.1, 0.15) is 49.3 Å². The van der Waals surface area contributed by atoms with Gasteiger partial charge in [0, 0.05) is 0 Å². The van der Waals surface area contributed by atoms with Gasteiger partial charge < -0.3 is 55.1 Å². The normalized spacial score (nSPS) is 51.1. The van der Waals surface area contributed by atoms with E-state index in [9.17, 15) is 30.6 Å². The first-order chi connectivity index (χ1) is 10.8. The summed E-state index contributed by atoms with van der Waals surface area (Å²) in [6.45, 7) is -2.32. The summed E-state index contributed by atoms with van der Waals surface area (Å²) in [6, 6.07) is 0. The molecule has 11 nitrogen and oxygen atoms in total. The van der Waals surface area contributed by atoms with Gasteiger partial charge in [0.05, 0.1) is 13.2 Å². The second-order valence-electron chi connectivity index (χ2n) is 5.56. The first-order valence-electron chi connectivity index (χ1n) is 7.05. The maximum Gasteiger partial charge on any atom is 0.224 e. The molecule has 2 aliphatic heterocycles. The Balaban J connectivity index is 2.18. The first-order valence-corrected chi connectivity index (χ1v) is 7.05. The molecule has 0 amide bonds. The molecule has 0 saturated carbocycles. The second kappa shape index (κ2) is 7.21. The van der Waals surface area contributed by atoms with Crippen molar-refractivity contribution in [2.45, 2.75) is 54.8 Å². The van der Waals surface area contributed by atoms with Gasteiger partial charge in [0.2, 0.25) is 5.79 Å². The summed E-state index contributed by atoms with van der Waals surface area (Å²) in [4.78, 5) is 0. The third-order valence-corrected chi connectivity index (χ3v) is 4.07. The molecule has 0 aromatic rings. The molecule has 11 heteroatoms. The minimum Gasteiger partial charge on any atom is -0.394 e. The SMILES string of the molecule is OC[C@@H]1O[C@H](O[C@]2(CO)O[C@H](CO)[C@H](O)[C@H]2O)[C@H](O)[C@H](O)[C@@H]1O. The molecule has 2 fully saturated rings. The van der Waals surface area contributed by atoms with Crippen LogP contribution in [0, 0.1) is 0 Å². The Hall–Kier alpha value is -0.440. The predicted molar refractivity (Wildman–Crippen MR) is 68.6 cm³/mol. The quantitative estimate of drug-likeness (QED) is 0.238. The van der Waals surface area contributed by atoms with Gasteiger partial charge >= 0.3 is 0 Å². The van der Waals surface area contributed by atoms with Crippen molar-refractivity contribution >= 4 is 0 Å². The number of aliphatic hydroxyl groups is 8. The van der Waals surface area contributed by atoms with Crippen LogP contribution in [0.15, 0.2) is 0 Å². The van der Waals surface area contributed by atoms with Gasteiger partial charge in [-0.1, -0.05) is 0 Å². The standard InChI is InChI=1S/C12H22O11/c13-1-4-6(16)8(18)9(19)11(21-4)23-12(3-15)10(20)7(17)5(2-14)22-12/h4-11,13-20H,1-3H2/t4-,5+,6+,7-,8+,9+,10+,11+,12-/m0/s1. The molecule has 0 radical (unpaired) electrons. The van der Waals surface area contributed by atoms with E-state index in [2.05, 4.69) is 0 Å². The molecule has 9 atom stereocenters. The Bertz CT molecular complexity index is 393. The molecule has 136 valence electrons. The summed E-state index contributed by atoms with van der Waals surface area (Å²) < 4.78 is 15.4. The fourth-order valence-corrected chi connectivity index (χ4v) is 2.63. The van der Waals surface area contributed by atoms with E-state index in [-0.39, 0.29) is 0 Å². The summed E-state index contributed by atoms with van der Waals surface area (Å²) in [6.07, 6.45) is -12.7. The van der Waals surface area contributed by atoms with E-state index in [1.54, 1.807) is 0 Å². The fourth-order valence-electron chi connectivity index (χ4n) is 2.63. The van der Waals surface area contributed by atoms with Gasteiger partial charge in [-0.3, -0.25) is 0 Å². The third-order valence-electron chi connectivity index (χ3n) is 4.07. The number of rotatable bonds is 5. The second-order valence-corrected chi connectivity index (χ2v) is 5.56. The highest BCUT2D eigenvalue weighted by molar-refractivity contribution is 4.98. The molecule has 2 rings (SSSR count). The van der Waals surface area contributed by atoms with Crippen LogP contribution in [0.4, 0.5) is 0 Å². The van der Waals surface area contributed by atoms with E-state index >= 15 is 0 Å². The van der Waals surface area contributed by atoms with Crippen LogP contribution in [0.1, 0.15) is 0 Å². The highest BCUT2D eigenvalue weighted by Gasteiger charge is 2.58. The van der Waals surface area contributed by atoms with Gasteiger partial charge in [0.15, 0.2) is 6.29 Å². The molecule has 0 unspecified atom stereocenters. The largest absolute Gasteiger partial charge is 0.394 e. The van der Waals surface area contributed by atoms with Crippen LogP contribution >= 0.6 is 0 Å². The Morgan fingerprint density at radius 2 is 1.39 bits per heavy atom. The average molecular weight is 342 g/mol. The lowest BCUT2D eigenvalue weighted by atomic mass is 9.99. The Labute approximate surface area is 130 Å². The third kappa shape index (κ3) is 3.23. The molecular weight excluding hydrogens is 320 g/mol. The molecule has 2 aliphatic rings. The molecule has 0 aromatic heterocycles. The van der Waals surface area contributed by atoms with Gasteiger partial charge in [0.25, 0.3) is 0 Å². The minimum absolute atomic E-state index is 0.669. The van der Waals surface area contributed by atoms with E-state index in [0.29, 0.717) is 0 Å². The zero-order chi connectivity index (χ0) is 17.4. The van der Waals surface area contributed by atoms with Crippen LogP contribution in [0.3, 0.4) is 0 Å². The zero-order valence-electron chi connectivity index (χ0n) is 12.0. The van der Waals surface area contributed by atoms with E-state index in [1.807, 2.05) is 0 Å². The summed E-state index contributed by atoms with van der Waals surface area (Å²) in [5.74, 6) is -2.22. The van der Waals surface area contributed by atoms with Crippen molar-refractivity contribution in [1.82, 2.24) is 0 Å². The fraction of sp³-hybridized carbons (Fsp3) is 1.00. The summed E-state index contributed by atoms with van der Waals surface area (Å²) in [5.41, 5.74) is 0. The molecule has 0 aliphatic carbocycles. The lowest BCUT2D eigenvalue weighted by molar-refractivity contribution is -0.383. The number of ether oxygens (including phenoxy) is 3. The predicted octanol–water partition coefficient (Wildman–Crippen LogP) is -5.40. The topological polar surface area (TPSA) is 190 Å². The Morgan fingerprint density at radius 3 is 1.87 bits per heavy atom. The van der Waals surface area contributed by atoms with E-state index in [1.165, 1.54) is 0 Å². The van der Waals surface area contributed by atoms with Crippen LogP contribution in [0.2, 0.25) is 0 Å². The maximum absolute atomic E-state index is 10.00. The van der Waals surface area contributed by atoms with E-state index in [4.69, 9.17) is 24.4 Å². The maximum atomic E-state index is 10.00.